The van der Waals surface area contributed by atoms with E-state index in [1.165, 1.54) is 35.0 Å². The van der Waals surface area contributed by atoms with Gasteiger partial charge in [-0.15, -0.1) is 0 Å². The number of sulfonamides is 1. The number of halogens is 2. The Morgan fingerprint density at radius 2 is 1.76 bits per heavy atom. The molecular formula is C18H19F2N3O5S. The fourth-order valence-corrected chi connectivity index (χ4v) is 3.52. The van der Waals surface area contributed by atoms with E-state index in [1.807, 2.05) is 0 Å². The van der Waals surface area contributed by atoms with Crippen LogP contribution in [0.1, 0.15) is 2.85 Å². The van der Waals surface area contributed by atoms with Crippen molar-refractivity contribution < 1.29 is 34.4 Å². The third kappa shape index (κ3) is 4.51. The number of aromatic nitrogens is 1. The van der Waals surface area contributed by atoms with Gasteiger partial charge in [-0.1, -0.05) is 0 Å². The molecule has 0 unspecified atom stereocenters. The van der Waals surface area contributed by atoms with Crippen molar-refractivity contribution in [3.05, 3.63) is 60.3 Å². The van der Waals surface area contributed by atoms with Crippen molar-refractivity contribution in [1.82, 2.24) is 9.29 Å². The van der Waals surface area contributed by atoms with Crippen LogP contribution in [-0.4, -0.2) is 32.1 Å². The summed E-state index contributed by atoms with van der Waals surface area (Å²) in [5.74, 6) is -2.46. The summed E-state index contributed by atoms with van der Waals surface area (Å²) >= 11 is 0. The van der Waals surface area contributed by atoms with Gasteiger partial charge in [0.25, 0.3) is 10.0 Å². The van der Waals surface area contributed by atoms with E-state index in [1.54, 1.807) is 10.8 Å². The number of rotatable bonds is 5. The second kappa shape index (κ2) is 7.87. The SMILES string of the molecule is COC(=O)NS(=O)(=O)c1ccc(NC(=O)Cn2ccc3cc(F)c(F)cc32)cc1.[HH].[HH]. The molecule has 2 N–H and O–H groups in total. The van der Waals surface area contributed by atoms with Gasteiger partial charge < -0.3 is 14.6 Å². The Labute approximate surface area is 167 Å². The number of hydrogen-bond donors (Lipinski definition) is 2. The molecule has 0 spiro atoms. The zero-order valence-corrected chi connectivity index (χ0v) is 15.8. The highest BCUT2D eigenvalue weighted by Crippen LogP contribution is 2.20. The largest absolute Gasteiger partial charge is 0.452 e. The Bertz CT molecular complexity index is 1200. The molecule has 8 nitrogen and oxygen atoms in total. The van der Waals surface area contributed by atoms with Crippen LogP contribution in [0.4, 0.5) is 19.3 Å². The molecule has 0 bridgehead atoms. The molecule has 0 aliphatic heterocycles. The number of carbonyl (C=O) groups excluding carboxylic acids is 2. The predicted molar refractivity (Wildman–Crippen MR) is 104 cm³/mol. The molecule has 2 amide bonds. The van der Waals surface area contributed by atoms with Gasteiger partial charge in [-0.2, -0.15) is 0 Å². The van der Waals surface area contributed by atoms with Gasteiger partial charge in [0, 0.05) is 26.2 Å². The van der Waals surface area contributed by atoms with E-state index in [9.17, 15) is 26.8 Å². The number of nitrogens with one attached hydrogen (secondary N) is 2. The van der Waals surface area contributed by atoms with Gasteiger partial charge in [-0.05, 0) is 36.4 Å². The minimum atomic E-state index is -4.10. The number of fused-ring (bicyclic) bond motifs is 1. The molecule has 0 saturated heterocycles. The lowest BCUT2D eigenvalue weighted by Crippen LogP contribution is -2.30. The lowest BCUT2D eigenvalue weighted by atomic mass is 10.2. The topological polar surface area (TPSA) is 106 Å². The van der Waals surface area contributed by atoms with Crippen molar-refractivity contribution in [2.75, 3.05) is 12.4 Å². The molecule has 11 heteroatoms. The number of benzene rings is 2. The maximum atomic E-state index is 13.5. The number of hydrogen-bond acceptors (Lipinski definition) is 5. The Hall–Kier alpha value is -3.47. The lowest BCUT2D eigenvalue weighted by Gasteiger charge is -2.09. The molecule has 0 aliphatic carbocycles. The molecule has 0 aliphatic rings. The average Bonchev–Trinajstić information content (AvgIpc) is 3.03. The third-order valence-corrected chi connectivity index (χ3v) is 5.31. The highest BCUT2D eigenvalue weighted by molar-refractivity contribution is 7.90. The van der Waals surface area contributed by atoms with Gasteiger partial charge in [0.2, 0.25) is 5.91 Å². The number of methoxy groups -OCH3 is 1. The van der Waals surface area contributed by atoms with Gasteiger partial charge in [-0.25, -0.2) is 26.7 Å². The summed E-state index contributed by atoms with van der Waals surface area (Å²) in [6.45, 7) is -0.168. The Kier molecular flexibility index (Phi) is 5.50. The first-order valence-corrected chi connectivity index (χ1v) is 9.62. The number of ether oxygens (including phenoxy) is 1. The zero-order valence-electron chi connectivity index (χ0n) is 15.0. The maximum Gasteiger partial charge on any atom is 0.420 e. The molecule has 3 aromatic rings. The second-order valence-corrected chi connectivity index (χ2v) is 7.62. The number of carbonyl (C=O) groups is 2. The van der Waals surface area contributed by atoms with Crippen LogP contribution in [0, 0.1) is 11.6 Å². The van der Waals surface area contributed by atoms with Crippen LogP contribution < -0.4 is 10.0 Å². The molecular weight excluding hydrogens is 408 g/mol. The summed E-state index contributed by atoms with van der Waals surface area (Å²) in [6.07, 6.45) is 0.398. The van der Waals surface area contributed by atoms with Crippen molar-refractivity contribution in [2.45, 2.75) is 11.4 Å². The van der Waals surface area contributed by atoms with Crippen LogP contribution in [0.2, 0.25) is 0 Å². The lowest BCUT2D eigenvalue weighted by molar-refractivity contribution is -0.116. The minimum absolute atomic E-state index is 0. The predicted octanol–water partition coefficient (Wildman–Crippen LogP) is 3.09. The van der Waals surface area contributed by atoms with Crippen molar-refractivity contribution in [3.63, 3.8) is 0 Å². The molecule has 0 atom stereocenters. The van der Waals surface area contributed by atoms with E-state index >= 15 is 0 Å². The van der Waals surface area contributed by atoms with Crippen molar-refractivity contribution in [3.8, 4) is 0 Å². The van der Waals surface area contributed by atoms with Crippen LogP contribution >= 0.6 is 0 Å². The van der Waals surface area contributed by atoms with Gasteiger partial charge in [0.15, 0.2) is 11.6 Å². The van der Waals surface area contributed by atoms with E-state index in [-0.39, 0.29) is 14.3 Å². The van der Waals surface area contributed by atoms with Crippen LogP contribution in [0.15, 0.2) is 53.6 Å². The molecule has 0 saturated carbocycles. The van der Waals surface area contributed by atoms with Gasteiger partial charge in [0.05, 0.1) is 17.5 Å². The molecule has 1 heterocycles. The summed E-state index contributed by atoms with van der Waals surface area (Å²) in [4.78, 5) is 23.1. The molecule has 3 rings (SSSR count). The molecule has 2 aromatic carbocycles. The highest BCUT2D eigenvalue weighted by Gasteiger charge is 2.18. The molecule has 0 fully saturated rings. The van der Waals surface area contributed by atoms with Gasteiger partial charge >= 0.3 is 6.09 Å². The summed E-state index contributed by atoms with van der Waals surface area (Å²) in [5, 5.41) is 3.02. The summed E-state index contributed by atoms with van der Waals surface area (Å²) < 4.78 is 58.1. The number of amides is 2. The van der Waals surface area contributed by atoms with E-state index in [4.69, 9.17) is 0 Å². The first kappa shape index (κ1) is 20.3. The van der Waals surface area contributed by atoms with E-state index in [0.717, 1.165) is 19.2 Å². The number of anilines is 1. The Morgan fingerprint density at radius 3 is 2.41 bits per heavy atom. The molecule has 156 valence electrons. The smallest absolute Gasteiger partial charge is 0.420 e. The van der Waals surface area contributed by atoms with Gasteiger partial charge in [0.1, 0.15) is 6.54 Å². The second-order valence-electron chi connectivity index (χ2n) is 5.94. The van der Waals surface area contributed by atoms with Crippen LogP contribution in [-0.2, 0) is 26.1 Å². The Balaban J connectivity index is 0.00000240. The van der Waals surface area contributed by atoms with Crippen LogP contribution in [0.5, 0.6) is 0 Å². The van der Waals surface area contributed by atoms with E-state index < -0.39 is 33.7 Å². The quantitative estimate of drug-likeness (QED) is 0.651. The number of nitrogens with zero attached hydrogens (tertiary/aromatic N) is 1. The fourth-order valence-electron chi connectivity index (χ4n) is 2.61. The third-order valence-electron chi connectivity index (χ3n) is 3.98. The molecule has 1 aromatic heterocycles. The van der Waals surface area contributed by atoms with Crippen molar-refractivity contribution in [2.24, 2.45) is 0 Å². The minimum Gasteiger partial charge on any atom is -0.452 e. The zero-order chi connectivity index (χ0) is 21.2. The summed E-state index contributed by atoms with van der Waals surface area (Å²) in [7, 11) is -3.07. The van der Waals surface area contributed by atoms with Crippen LogP contribution in [0.25, 0.3) is 10.9 Å². The Morgan fingerprint density at radius 1 is 1.10 bits per heavy atom. The summed E-state index contributed by atoms with van der Waals surface area (Å²) in [6, 6.07) is 8.68. The normalized spacial score (nSPS) is 11.3. The first-order chi connectivity index (χ1) is 13.7. The monoisotopic (exact) mass is 427 g/mol. The average molecular weight is 427 g/mol. The maximum absolute atomic E-state index is 13.5. The van der Waals surface area contributed by atoms with Crippen molar-refractivity contribution in [1.29, 1.82) is 0 Å². The van der Waals surface area contributed by atoms with Gasteiger partial charge in [-0.3, -0.25) is 4.79 Å². The van der Waals surface area contributed by atoms with E-state index in [0.29, 0.717) is 16.6 Å². The molecule has 0 radical (unpaired) electrons. The molecule has 29 heavy (non-hydrogen) atoms. The van der Waals surface area contributed by atoms with Crippen molar-refractivity contribution >= 4 is 38.6 Å². The van der Waals surface area contributed by atoms with E-state index in [2.05, 4.69) is 10.1 Å². The first-order valence-electron chi connectivity index (χ1n) is 8.14. The van der Waals surface area contributed by atoms with Crippen LogP contribution in [0.3, 0.4) is 0 Å². The highest BCUT2D eigenvalue weighted by atomic mass is 32.2. The summed E-state index contributed by atoms with van der Waals surface area (Å²) in [5.41, 5.74) is 0.662. The fraction of sp³-hybridized carbons (Fsp3) is 0.111. The standard InChI is InChI=1S/C18H15F2N3O5S.2H2/c1-28-18(25)22-29(26,27)13-4-2-12(3-5-13)21-17(24)10-23-7-6-11-8-14(19)15(20)9-16(11)23;;/h2-9H,10H2,1H3,(H,21,24)(H,22,25);2*1H.